The molecule has 9 heteroatoms. The van der Waals surface area contributed by atoms with E-state index < -0.39 is 17.6 Å². The van der Waals surface area contributed by atoms with Crippen molar-refractivity contribution in [2.75, 3.05) is 18.0 Å². The van der Waals surface area contributed by atoms with Crippen molar-refractivity contribution < 1.29 is 17.6 Å². The predicted octanol–water partition coefficient (Wildman–Crippen LogP) is 4.17. The van der Waals surface area contributed by atoms with Gasteiger partial charge in [-0.05, 0) is 49.9 Å². The highest BCUT2D eigenvalue weighted by Crippen LogP contribution is 2.32. The van der Waals surface area contributed by atoms with Crippen LogP contribution in [0.5, 0.6) is 0 Å². The zero-order chi connectivity index (χ0) is 21.5. The van der Waals surface area contributed by atoms with E-state index in [0.717, 1.165) is 12.1 Å². The van der Waals surface area contributed by atoms with Crippen LogP contribution < -0.4 is 10.5 Å². The van der Waals surface area contributed by atoms with Gasteiger partial charge in [-0.25, -0.2) is 14.4 Å². The summed E-state index contributed by atoms with van der Waals surface area (Å²) in [5.74, 6) is 0.566. The molecular formula is C21H20F4N4O. The normalized spacial score (nSPS) is 15.7. The van der Waals surface area contributed by atoms with E-state index in [1.807, 2.05) is 4.90 Å². The maximum atomic E-state index is 13.4. The second-order valence-corrected chi connectivity index (χ2v) is 7.57. The summed E-state index contributed by atoms with van der Waals surface area (Å²) in [6.07, 6.45) is -1.80. The Labute approximate surface area is 170 Å². The van der Waals surface area contributed by atoms with Gasteiger partial charge in [-0.15, -0.1) is 0 Å². The van der Waals surface area contributed by atoms with Crippen LogP contribution in [0.1, 0.15) is 24.2 Å². The molecule has 5 nitrogen and oxygen atoms in total. The summed E-state index contributed by atoms with van der Waals surface area (Å²) in [6, 6.07) is 5.96. The van der Waals surface area contributed by atoms with Gasteiger partial charge in [0, 0.05) is 31.9 Å². The highest BCUT2D eigenvalue weighted by Gasteiger charge is 2.31. The van der Waals surface area contributed by atoms with Gasteiger partial charge < -0.3 is 4.90 Å². The van der Waals surface area contributed by atoms with Crippen molar-refractivity contribution in [2.45, 2.75) is 32.5 Å². The zero-order valence-electron chi connectivity index (χ0n) is 16.3. The van der Waals surface area contributed by atoms with Gasteiger partial charge in [-0.3, -0.25) is 9.36 Å². The fourth-order valence-corrected chi connectivity index (χ4v) is 3.89. The van der Waals surface area contributed by atoms with Crippen molar-refractivity contribution in [1.29, 1.82) is 0 Å². The van der Waals surface area contributed by atoms with E-state index >= 15 is 0 Å². The Kier molecular flexibility index (Phi) is 5.21. The second kappa shape index (κ2) is 7.70. The molecule has 0 radical (unpaired) electrons. The largest absolute Gasteiger partial charge is 0.416 e. The molecule has 4 rings (SSSR count). The Bertz CT molecular complexity index is 1130. The molecule has 0 amide bonds. The molecule has 1 aliphatic rings. The van der Waals surface area contributed by atoms with Gasteiger partial charge in [0.25, 0.3) is 5.56 Å². The number of aromatic nitrogens is 3. The van der Waals surface area contributed by atoms with E-state index in [9.17, 15) is 22.4 Å². The van der Waals surface area contributed by atoms with Gasteiger partial charge in [0.1, 0.15) is 17.5 Å². The number of aryl methyl sites for hydroxylation is 1. The van der Waals surface area contributed by atoms with Crippen molar-refractivity contribution in [3.63, 3.8) is 0 Å². The topological polar surface area (TPSA) is 51.0 Å². The van der Waals surface area contributed by atoms with Crippen LogP contribution in [0.4, 0.5) is 23.4 Å². The molecule has 1 saturated heterocycles. The van der Waals surface area contributed by atoms with Gasteiger partial charge >= 0.3 is 6.18 Å². The lowest BCUT2D eigenvalue weighted by atomic mass is 9.96. The number of fused-ring (bicyclic) bond motifs is 1. The first kappa shape index (κ1) is 20.3. The van der Waals surface area contributed by atoms with Crippen LogP contribution in [-0.4, -0.2) is 27.6 Å². The first-order chi connectivity index (χ1) is 14.2. The Morgan fingerprint density at radius 2 is 1.87 bits per heavy atom. The maximum Gasteiger partial charge on any atom is 0.416 e. The minimum Gasteiger partial charge on any atom is -0.357 e. The van der Waals surface area contributed by atoms with E-state index in [1.165, 1.54) is 24.4 Å². The number of nitrogens with zero attached hydrogens (tertiary/aromatic N) is 4. The third-order valence-electron chi connectivity index (χ3n) is 5.56. The number of halogens is 4. The molecule has 0 unspecified atom stereocenters. The lowest BCUT2D eigenvalue weighted by Gasteiger charge is -2.33. The lowest BCUT2D eigenvalue weighted by Crippen LogP contribution is -2.37. The number of alkyl halides is 3. The molecule has 3 heterocycles. The molecule has 0 bridgehead atoms. The van der Waals surface area contributed by atoms with Crippen LogP contribution in [0, 0.1) is 18.7 Å². The fraction of sp³-hybridized carbons (Fsp3) is 0.381. The second-order valence-electron chi connectivity index (χ2n) is 7.57. The summed E-state index contributed by atoms with van der Waals surface area (Å²) >= 11 is 0. The third kappa shape index (κ3) is 4.01. The molecule has 0 aliphatic carbocycles. The van der Waals surface area contributed by atoms with E-state index in [-0.39, 0.29) is 11.5 Å². The first-order valence-corrected chi connectivity index (χ1v) is 9.67. The quantitative estimate of drug-likeness (QED) is 0.597. The van der Waals surface area contributed by atoms with Crippen LogP contribution in [0.2, 0.25) is 0 Å². The lowest BCUT2D eigenvalue weighted by molar-refractivity contribution is -0.137. The van der Waals surface area contributed by atoms with Crippen molar-refractivity contribution >= 4 is 16.7 Å². The number of hydrogen-bond donors (Lipinski definition) is 0. The number of benzene rings is 1. The van der Waals surface area contributed by atoms with Gasteiger partial charge in [-0.2, -0.15) is 13.2 Å². The van der Waals surface area contributed by atoms with Crippen LogP contribution in [0.25, 0.3) is 10.9 Å². The third-order valence-corrected chi connectivity index (χ3v) is 5.56. The van der Waals surface area contributed by atoms with Crippen molar-refractivity contribution in [1.82, 2.24) is 14.5 Å². The van der Waals surface area contributed by atoms with E-state index in [1.54, 1.807) is 11.5 Å². The molecule has 30 heavy (non-hydrogen) atoms. The Balaban J connectivity index is 1.48. The van der Waals surface area contributed by atoms with E-state index in [4.69, 9.17) is 0 Å². The monoisotopic (exact) mass is 420 g/mol. The predicted molar refractivity (Wildman–Crippen MR) is 105 cm³/mol. The molecule has 1 aliphatic heterocycles. The Morgan fingerprint density at radius 3 is 2.57 bits per heavy atom. The zero-order valence-corrected chi connectivity index (χ0v) is 16.3. The molecule has 0 N–H and O–H groups in total. The van der Waals surface area contributed by atoms with Crippen molar-refractivity contribution in [3.8, 4) is 0 Å². The average Bonchev–Trinajstić information content (AvgIpc) is 2.71. The summed E-state index contributed by atoms with van der Waals surface area (Å²) in [4.78, 5) is 23.1. The van der Waals surface area contributed by atoms with Gasteiger partial charge in [0.15, 0.2) is 0 Å². The minimum atomic E-state index is -4.40. The smallest absolute Gasteiger partial charge is 0.357 e. The summed E-state index contributed by atoms with van der Waals surface area (Å²) in [5, 5.41) is 0.368. The number of anilines is 1. The molecular weight excluding hydrogens is 400 g/mol. The van der Waals surface area contributed by atoms with Crippen LogP contribution >= 0.6 is 0 Å². The molecule has 3 aromatic rings. The molecule has 0 spiro atoms. The summed E-state index contributed by atoms with van der Waals surface area (Å²) in [7, 11) is 0. The highest BCUT2D eigenvalue weighted by molar-refractivity contribution is 5.77. The highest BCUT2D eigenvalue weighted by atomic mass is 19.4. The Hall–Kier alpha value is -2.97. The van der Waals surface area contributed by atoms with Crippen molar-refractivity contribution in [3.05, 3.63) is 64.1 Å². The first-order valence-electron chi connectivity index (χ1n) is 9.67. The number of rotatable bonds is 3. The molecule has 2 aromatic heterocycles. The molecule has 1 fully saturated rings. The fourth-order valence-electron chi connectivity index (χ4n) is 3.89. The SMILES string of the molecule is Cc1nc2cc(F)ccc2c(=O)n1CC1CCN(c2cc(C(F)(F)F)ccn2)CC1. The average molecular weight is 420 g/mol. The van der Waals surface area contributed by atoms with Gasteiger partial charge in [0.2, 0.25) is 0 Å². The minimum absolute atomic E-state index is 0.183. The van der Waals surface area contributed by atoms with Crippen LogP contribution in [-0.2, 0) is 12.7 Å². The molecule has 0 saturated carbocycles. The molecule has 1 aromatic carbocycles. The maximum absolute atomic E-state index is 13.4. The van der Waals surface area contributed by atoms with E-state index in [2.05, 4.69) is 9.97 Å². The van der Waals surface area contributed by atoms with Crippen molar-refractivity contribution in [2.24, 2.45) is 5.92 Å². The van der Waals surface area contributed by atoms with E-state index in [0.29, 0.717) is 55.0 Å². The number of pyridine rings is 1. The van der Waals surface area contributed by atoms with Crippen LogP contribution in [0.15, 0.2) is 41.3 Å². The molecule has 158 valence electrons. The van der Waals surface area contributed by atoms with Crippen LogP contribution in [0.3, 0.4) is 0 Å². The number of hydrogen-bond acceptors (Lipinski definition) is 4. The van der Waals surface area contributed by atoms with Gasteiger partial charge in [-0.1, -0.05) is 0 Å². The molecule has 0 atom stereocenters. The summed E-state index contributed by atoms with van der Waals surface area (Å²) in [6.45, 7) is 3.29. The van der Waals surface area contributed by atoms with Gasteiger partial charge in [0.05, 0.1) is 16.5 Å². The Morgan fingerprint density at radius 1 is 1.13 bits per heavy atom. The standard InChI is InChI=1S/C21H20F4N4O/c1-13-27-18-11-16(22)2-3-17(18)20(30)29(13)12-14-5-8-28(9-6-14)19-10-15(4-7-26-19)21(23,24)25/h2-4,7,10-11,14H,5-6,8-9,12H2,1H3. The number of piperidine rings is 1. The summed E-state index contributed by atoms with van der Waals surface area (Å²) in [5.41, 5.74) is -0.589. The summed E-state index contributed by atoms with van der Waals surface area (Å²) < 4.78 is 53.8.